The zero-order valence-corrected chi connectivity index (χ0v) is 13.0. The molecule has 0 fully saturated rings. The first kappa shape index (κ1) is 15.4. The fourth-order valence-electron chi connectivity index (χ4n) is 2.33. The molecule has 0 saturated carbocycles. The first-order valence-corrected chi connectivity index (χ1v) is 7.66. The standard InChI is InChI=1S/C17H23N3O/c1-4-5-8-11-20(13(2)3)17(21)16-12-18-14-9-6-7-10-15(14)19-16/h6-7,9-10,12-13H,4-5,8,11H2,1-3H3. The number of hydrogen-bond donors (Lipinski definition) is 0. The molecule has 0 unspecified atom stereocenters. The van der Waals surface area contributed by atoms with Crippen molar-refractivity contribution in [3.63, 3.8) is 0 Å². The van der Waals surface area contributed by atoms with E-state index in [4.69, 9.17) is 0 Å². The van der Waals surface area contributed by atoms with E-state index in [9.17, 15) is 4.79 Å². The fraction of sp³-hybridized carbons (Fsp3) is 0.471. The van der Waals surface area contributed by atoms with Gasteiger partial charge in [0.2, 0.25) is 0 Å². The summed E-state index contributed by atoms with van der Waals surface area (Å²) < 4.78 is 0. The lowest BCUT2D eigenvalue weighted by Gasteiger charge is -2.26. The van der Waals surface area contributed by atoms with E-state index in [1.54, 1.807) is 6.20 Å². The monoisotopic (exact) mass is 285 g/mol. The van der Waals surface area contributed by atoms with Crippen LogP contribution in [0.5, 0.6) is 0 Å². The zero-order valence-electron chi connectivity index (χ0n) is 13.0. The van der Waals surface area contributed by atoms with Gasteiger partial charge >= 0.3 is 0 Å². The number of unbranched alkanes of at least 4 members (excludes halogenated alkanes) is 2. The highest BCUT2D eigenvalue weighted by molar-refractivity contribution is 5.94. The molecule has 1 amide bonds. The molecular formula is C17H23N3O. The lowest BCUT2D eigenvalue weighted by atomic mass is 10.2. The highest BCUT2D eigenvalue weighted by atomic mass is 16.2. The molecule has 0 N–H and O–H groups in total. The lowest BCUT2D eigenvalue weighted by molar-refractivity contribution is 0.0696. The summed E-state index contributed by atoms with van der Waals surface area (Å²) in [5, 5.41) is 0. The number of rotatable bonds is 6. The van der Waals surface area contributed by atoms with E-state index in [0.29, 0.717) is 5.69 Å². The van der Waals surface area contributed by atoms with Gasteiger partial charge < -0.3 is 4.90 Å². The second-order valence-corrected chi connectivity index (χ2v) is 5.54. The summed E-state index contributed by atoms with van der Waals surface area (Å²) in [7, 11) is 0. The molecule has 1 heterocycles. The molecule has 0 aliphatic rings. The molecule has 0 bridgehead atoms. The van der Waals surface area contributed by atoms with E-state index in [-0.39, 0.29) is 11.9 Å². The van der Waals surface area contributed by atoms with Gasteiger partial charge in [-0.25, -0.2) is 4.98 Å². The average Bonchev–Trinajstić information content (AvgIpc) is 2.50. The number of nitrogens with zero attached hydrogens (tertiary/aromatic N) is 3. The van der Waals surface area contributed by atoms with Crippen molar-refractivity contribution in [2.75, 3.05) is 6.54 Å². The third-order valence-electron chi connectivity index (χ3n) is 3.55. The van der Waals surface area contributed by atoms with Crippen molar-refractivity contribution in [1.82, 2.24) is 14.9 Å². The molecule has 112 valence electrons. The molecule has 0 atom stereocenters. The van der Waals surface area contributed by atoms with Gasteiger partial charge in [0, 0.05) is 12.6 Å². The molecule has 4 nitrogen and oxygen atoms in total. The van der Waals surface area contributed by atoms with Gasteiger partial charge in [-0.15, -0.1) is 0 Å². The number of amides is 1. The van der Waals surface area contributed by atoms with E-state index in [1.807, 2.05) is 43.0 Å². The summed E-state index contributed by atoms with van der Waals surface area (Å²) in [5.74, 6) is -0.0284. The first-order valence-electron chi connectivity index (χ1n) is 7.66. The Morgan fingerprint density at radius 2 is 1.90 bits per heavy atom. The molecule has 0 saturated heterocycles. The Morgan fingerprint density at radius 1 is 1.19 bits per heavy atom. The topological polar surface area (TPSA) is 46.1 Å². The maximum absolute atomic E-state index is 12.6. The third-order valence-corrected chi connectivity index (χ3v) is 3.55. The fourth-order valence-corrected chi connectivity index (χ4v) is 2.33. The number of hydrogen-bond acceptors (Lipinski definition) is 3. The summed E-state index contributed by atoms with van der Waals surface area (Å²) in [6.45, 7) is 7.02. The van der Waals surface area contributed by atoms with E-state index in [2.05, 4.69) is 16.9 Å². The van der Waals surface area contributed by atoms with Crippen molar-refractivity contribution in [2.45, 2.75) is 46.1 Å². The maximum atomic E-state index is 12.6. The van der Waals surface area contributed by atoms with Crippen LogP contribution in [0.2, 0.25) is 0 Å². The number of para-hydroxylation sites is 2. The minimum absolute atomic E-state index is 0.0284. The van der Waals surface area contributed by atoms with Gasteiger partial charge in [0.25, 0.3) is 5.91 Å². The maximum Gasteiger partial charge on any atom is 0.274 e. The van der Waals surface area contributed by atoms with Crippen LogP contribution in [0.15, 0.2) is 30.5 Å². The second kappa shape index (κ2) is 7.16. The summed E-state index contributed by atoms with van der Waals surface area (Å²) in [5.41, 5.74) is 2.01. The van der Waals surface area contributed by atoms with Gasteiger partial charge in [-0.05, 0) is 32.4 Å². The van der Waals surface area contributed by atoms with E-state index >= 15 is 0 Å². The van der Waals surface area contributed by atoms with Crippen LogP contribution in [-0.4, -0.2) is 33.4 Å². The molecule has 1 aromatic carbocycles. The highest BCUT2D eigenvalue weighted by Crippen LogP contribution is 2.12. The minimum atomic E-state index is -0.0284. The summed E-state index contributed by atoms with van der Waals surface area (Å²) in [6.07, 6.45) is 4.90. The van der Waals surface area contributed by atoms with Crippen molar-refractivity contribution < 1.29 is 4.79 Å². The Balaban J connectivity index is 2.21. The molecule has 0 aliphatic carbocycles. The Kier molecular flexibility index (Phi) is 5.26. The van der Waals surface area contributed by atoms with Crippen molar-refractivity contribution in [1.29, 1.82) is 0 Å². The molecule has 0 aliphatic heterocycles. The van der Waals surface area contributed by atoms with Gasteiger partial charge in [-0.2, -0.15) is 0 Å². The van der Waals surface area contributed by atoms with Crippen molar-refractivity contribution in [3.8, 4) is 0 Å². The third kappa shape index (κ3) is 3.78. The average molecular weight is 285 g/mol. The van der Waals surface area contributed by atoms with Crippen LogP contribution in [0.4, 0.5) is 0 Å². The van der Waals surface area contributed by atoms with Gasteiger partial charge in [-0.3, -0.25) is 9.78 Å². The molecule has 0 spiro atoms. The minimum Gasteiger partial charge on any atom is -0.335 e. The van der Waals surface area contributed by atoms with Crippen molar-refractivity contribution in [3.05, 3.63) is 36.2 Å². The van der Waals surface area contributed by atoms with E-state index < -0.39 is 0 Å². The van der Waals surface area contributed by atoms with Crippen LogP contribution >= 0.6 is 0 Å². The molecule has 2 aromatic rings. The predicted octanol–water partition coefficient (Wildman–Crippen LogP) is 3.67. The largest absolute Gasteiger partial charge is 0.335 e. The van der Waals surface area contributed by atoms with Crippen molar-refractivity contribution in [2.24, 2.45) is 0 Å². The molecule has 0 radical (unpaired) electrons. The second-order valence-electron chi connectivity index (χ2n) is 5.54. The van der Waals surface area contributed by atoms with Crippen LogP contribution in [0.25, 0.3) is 11.0 Å². The Morgan fingerprint density at radius 3 is 2.57 bits per heavy atom. The van der Waals surface area contributed by atoms with Crippen LogP contribution in [0.3, 0.4) is 0 Å². The smallest absolute Gasteiger partial charge is 0.274 e. The Hall–Kier alpha value is -1.97. The number of carbonyl (C=O) groups excluding carboxylic acids is 1. The van der Waals surface area contributed by atoms with Crippen molar-refractivity contribution >= 4 is 16.9 Å². The number of fused-ring (bicyclic) bond motifs is 1. The number of aromatic nitrogens is 2. The van der Waals surface area contributed by atoms with Gasteiger partial charge in [0.15, 0.2) is 0 Å². The number of carbonyl (C=O) groups is 1. The SMILES string of the molecule is CCCCCN(C(=O)c1cnc2ccccc2n1)C(C)C. The quantitative estimate of drug-likeness (QED) is 0.761. The predicted molar refractivity (Wildman–Crippen MR) is 85.2 cm³/mol. The van der Waals surface area contributed by atoms with Gasteiger partial charge in [-0.1, -0.05) is 31.9 Å². The Labute approximate surface area is 126 Å². The normalized spacial score (nSPS) is 11.0. The summed E-state index contributed by atoms with van der Waals surface area (Å²) in [4.78, 5) is 23.3. The first-order chi connectivity index (χ1) is 10.1. The summed E-state index contributed by atoms with van der Waals surface area (Å²) in [6, 6.07) is 7.78. The number of benzene rings is 1. The van der Waals surface area contributed by atoms with Crippen LogP contribution in [0, 0.1) is 0 Å². The lowest BCUT2D eigenvalue weighted by Crippen LogP contribution is -2.38. The Bertz CT molecular complexity index is 610. The molecule has 21 heavy (non-hydrogen) atoms. The summed E-state index contributed by atoms with van der Waals surface area (Å²) >= 11 is 0. The molecule has 2 rings (SSSR count). The van der Waals surface area contributed by atoms with Crippen LogP contribution < -0.4 is 0 Å². The highest BCUT2D eigenvalue weighted by Gasteiger charge is 2.20. The van der Waals surface area contributed by atoms with Crippen LogP contribution in [0.1, 0.15) is 50.5 Å². The van der Waals surface area contributed by atoms with Gasteiger partial charge in [0.05, 0.1) is 17.2 Å². The van der Waals surface area contributed by atoms with E-state index in [1.165, 1.54) is 0 Å². The molecule has 1 aromatic heterocycles. The molecule has 4 heteroatoms. The van der Waals surface area contributed by atoms with Gasteiger partial charge in [0.1, 0.15) is 5.69 Å². The molecular weight excluding hydrogens is 262 g/mol. The van der Waals surface area contributed by atoms with E-state index in [0.717, 1.165) is 36.8 Å². The zero-order chi connectivity index (χ0) is 15.2. The van der Waals surface area contributed by atoms with Crippen LogP contribution in [-0.2, 0) is 0 Å².